The van der Waals surface area contributed by atoms with Crippen molar-refractivity contribution >= 4 is 11.8 Å². The van der Waals surface area contributed by atoms with Crippen LogP contribution < -0.4 is 5.32 Å². The van der Waals surface area contributed by atoms with Crippen LogP contribution in [0.2, 0.25) is 0 Å². The fourth-order valence-corrected chi connectivity index (χ4v) is 3.11. The third-order valence-corrected chi connectivity index (χ3v) is 4.95. The van der Waals surface area contributed by atoms with E-state index >= 15 is 0 Å². The van der Waals surface area contributed by atoms with Crippen LogP contribution in [-0.4, -0.2) is 27.6 Å². The molecule has 0 radical (unpaired) electrons. The Kier molecular flexibility index (Phi) is 3.94. The molecule has 17 heavy (non-hydrogen) atoms. The molecule has 0 bridgehead atoms. The van der Waals surface area contributed by atoms with E-state index in [0.717, 1.165) is 17.9 Å². The molecule has 0 aliphatic heterocycles. The maximum absolute atomic E-state index is 9.69. The lowest BCUT2D eigenvalue weighted by Gasteiger charge is -2.40. The van der Waals surface area contributed by atoms with Gasteiger partial charge in [-0.2, -0.15) is 11.8 Å². The van der Waals surface area contributed by atoms with Gasteiger partial charge in [-0.05, 0) is 38.2 Å². The molecule has 2 rings (SSSR count). The van der Waals surface area contributed by atoms with Crippen LogP contribution in [0.1, 0.15) is 30.7 Å². The van der Waals surface area contributed by atoms with Gasteiger partial charge in [-0.3, -0.25) is 4.98 Å². The van der Waals surface area contributed by atoms with Gasteiger partial charge in [0.15, 0.2) is 0 Å². The van der Waals surface area contributed by atoms with E-state index in [-0.39, 0.29) is 5.75 Å². The molecule has 0 amide bonds. The molecule has 1 aromatic rings. The molecule has 4 heteroatoms. The van der Waals surface area contributed by atoms with Crippen LogP contribution in [-0.2, 0) is 6.54 Å². The molecule has 1 heterocycles. The van der Waals surface area contributed by atoms with E-state index in [0.29, 0.717) is 11.3 Å². The second-order valence-corrected chi connectivity index (χ2v) is 6.04. The van der Waals surface area contributed by atoms with Crippen molar-refractivity contribution in [2.24, 2.45) is 0 Å². The number of nitrogens with one attached hydrogen (secondary N) is 1. The molecule has 94 valence electrons. The summed E-state index contributed by atoms with van der Waals surface area (Å²) in [7, 11) is 0. The summed E-state index contributed by atoms with van der Waals surface area (Å²) in [5.74, 6) is 0.287. The van der Waals surface area contributed by atoms with Gasteiger partial charge in [0.1, 0.15) is 5.75 Å². The molecule has 2 N–H and O–H groups in total. The summed E-state index contributed by atoms with van der Waals surface area (Å²) < 4.78 is 0.430. The van der Waals surface area contributed by atoms with Gasteiger partial charge in [0, 0.05) is 23.5 Å². The Hall–Kier alpha value is -0.740. The van der Waals surface area contributed by atoms with Crippen molar-refractivity contribution in [3.63, 3.8) is 0 Å². The fraction of sp³-hybridized carbons (Fsp3) is 0.615. The van der Waals surface area contributed by atoms with Gasteiger partial charge in [0.2, 0.25) is 0 Å². The molecule has 0 spiro atoms. The molecule has 0 aromatic carbocycles. The van der Waals surface area contributed by atoms with Crippen LogP contribution in [0.25, 0.3) is 0 Å². The van der Waals surface area contributed by atoms with Crippen molar-refractivity contribution in [3.8, 4) is 5.75 Å². The Morgan fingerprint density at radius 1 is 1.47 bits per heavy atom. The van der Waals surface area contributed by atoms with E-state index < -0.39 is 0 Å². The van der Waals surface area contributed by atoms with Crippen LogP contribution in [0.4, 0.5) is 0 Å². The maximum atomic E-state index is 9.69. The first-order valence-electron chi connectivity index (χ1n) is 6.07. The van der Waals surface area contributed by atoms with Crippen LogP contribution in [0.3, 0.4) is 0 Å². The summed E-state index contributed by atoms with van der Waals surface area (Å²) in [6.07, 6.45) is 6.13. The van der Waals surface area contributed by atoms with Gasteiger partial charge in [-0.25, -0.2) is 0 Å². The molecule has 1 aliphatic rings. The van der Waals surface area contributed by atoms with Gasteiger partial charge in [0.05, 0.1) is 5.69 Å². The predicted molar refractivity (Wildman–Crippen MR) is 72.4 cm³/mol. The summed E-state index contributed by atoms with van der Waals surface area (Å²) in [5.41, 5.74) is 1.70. The standard InChI is InChI=1S/C13H20N2OS/c1-10-4-5-12(16)11(15-10)8-14-9-13(17-2)6-3-7-13/h4-5,14,16H,3,6-9H2,1-2H3. The van der Waals surface area contributed by atoms with Crippen LogP contribution >= 0.6 is 11.8 Å². The van der Waals surface area contributed by atoms with Crippen LogP contribution in [0.5, 0.6) is 5.75 Å². The van der Waals surface area contributed by atoms with Crippen molar-refractivity contribution in [1.82, 2.24) is 10.3 Å². The fourth-order valence-electron chi connectivity index (χ4n) is 2.17. The first kappa shape index (κ1) is 12.7. The number of rotatable bonds is 5. The number of aryl methyl sites for hydroxylation is 1. The Labute approximate surface area is 107 Å². The zero-order valence-corrected chi connectivity index (χ0v) is 11.3. The van der Waals surface area contributed by atoms with E-state index in [1.807, 2.05) is 24.8 Å². The van der Waals surface area contributed by atoms with Crippen molar-refractivity contribution in [2.45, 2.75) is 37.5 Å². The molecule has 0 saturated heterocycles. The monoisotopic (exact) mass is 252 g/mol. The van der Waals surface area contributed by atoms with Crippen LogP contribution in [0.15, 0.2) is 12.1 Å². The third kappa shape index (κ3) is 2.93. The molecule has 1 saturated carbocycles. The summed E-state index contributed by atoms with van der Waals surface area (Å²) >= 11 is 1.96. The smallest absolute Gasteiger partial charge is 0.138 e. The third-order valence-electron chi connectivity index (χ3n) is 3.53. The summed E-state index contributed by atoms with van der Waals surface area (Å²) in [6.45, 7) is 3.59. The first-order valence-corrected chi connectivity index (χ1v) is 7.29. The number of aromatic hydroxyl groups is 1. The lowest BCUT2D eigenvalue weighted by atomic mass is 9.84. The zero-order valence-electron chi connectivity index (χ0n) is 10.5. The molecule has 1 aliphatic carbocycles. The molecule has 1 aromatic heterocycles. The largest absolute Gasteiger partial charge is 0.506 e. The highest BCUT2D eigenvalue weighted by Gasteiger charge is 2.35. The van der Waals surface area contributed by atoms with Gasteiger partial charge in [-0.15, -0.1) is 0 Å². The number of hydrogen-bond donors (Lipinski definition) is 2. The van der Waals surface area contributed by atoms with Crippen molar-refractivity contribution in [2.75, 3.05) is 12.8 Å². The van der Waals surface area contributed by atoms with E-state index in [1.54, 1.807) is 6.07 Å². The minimum absolute atomic E-state index is 0.287. The average Bonchev–Trinajstić information content (AvgIpc) is 2.27. The zero-order chi connectivity index (χ0) is 12.3. The summed E-state index contributed by atoms with van der Waals surface area (Å²) in [5, 5.41) is 13.1. The lowest BCUT2D eigenvalue weighted by Crippen LogP contribution is -2.43. The maximum Gasteiger partial charge on any atom is 0.138 e. The SMILES string of the molecule is CSC1(CNCc2nc(C)ccc2O)CCC1. The Bertz CT molecular complexity index is 385. The number of hydrogen-bond acceptors (Lipinski definition) is 4. The predicted octanol–water partition coefficient (Wildman–Crippen LogP) is 2.47. The Balaban J connectivity index is 1.87. The number of aromatic nitrogens is 1. The highest BCUT2D eigenvalue weighted by Crippen LogP contribution is 2.42. The number of pyridine rings is 1. The lowest BCUT2D eigenvalue weighted by molar-refractivity contribution is 0.343. The molecule has 1 fully saturated rings. The van der Waals surface area contributed by atoms with Gasteiger partial charge >= 0.3 is 0 Å². The number of thioether (sulfide) groups is 1. The normalized spacial score (nSPS) is 17.8. The molecule has 0 unspecified atom stereocenters. The van der Waals surface area contributed by atoms with Crippen LogP contribution in [0, 0.1) is 6.92 Å². The highest BCUT2D eigenvalue weighted by atomic mass is 32.2. The van der Waals surface area contributed by atoms with E-state index in [1.165, 1.54) is 19.3 Å². The quantitative estimate of drug-likeness (QED) is 0.845. The van der Waals surface area contributed by atoms with E-state index in [2.05, 4.69) is 16.6 Å². The minimum atomic E-state index is 0.287. The second-order valence-electron chi connectivity index (χ2n) is 4.76. The minimum Gasteiger partial charge on any atom is -0.506 e. The van der Waals surface area contributed by atoms with Crippen molar-refractivity contribution < 1.29 is 5.11 Å². The Morgan fingerprint density at radius 2 is 2.24 bits per heavy atom. The summed E-state index contributed by atoms with van der Waals surface area (Å²) in [6, 6.07) is 3.54. The Morgan fingerprint density at radius 3 is 2.82 bits per heavy atom. The molecule has 0 atom stereocenters. The first-order chi connectivity index (χ1) is 8.15. The van der Waals surface area contributed by atoms with Gasteiger partial charge in [-0.1, -0.05) is 6.42 Å². The van der Waals surface area contributed by atoms with Crippen molar-refractivity contribution in [3.05, 3.63) is 23.5 Å². The molecule has 3 nitrogen and oxygen atoms in total. The molecular formula is C13H20N2OS. The highest BCUT2D eigenvalue weighted by molar-refractivity contribution is 8.00. The van der Waals surface area contributed by atoms with E-state index in [4.69, 9.17) is 0 Å². The number of nitrogens with zero attached hydrogens (tertiary/aromatic N) is 1. The summed E-state index contributed by atoms with van der Waals surface area (Å²) in [4.78, 5) is 4.34. The van der Waals surface area contributed by atoms with Gasteiger partial charge < -0.3 is 10.4 Å². The molecular weight excluding hydrogens is 232 g/mol. The van der Waals surface area contributed by atoms with Gasteiger partial charge in [0.25, 0.3) is 0 Å². The van der Waals surface area contributed by atoms with Crippen molar-refractivity contribution in [1.29, 1.82) is 0 Å². The van der Waals surface area contributed by atoms with E-state index in [9.17, 15) is 5.11 Å². The average molecular weight is 252 g/mol. The second kappa shape index (κ2) is 5.27. The topological polar surface area (TPSA) is 45.2 Å².